The minimum Gasteiger partial charge on any atom is -0.464 e. The number of ether oxygens (including phenoxy) is 4. The number of carbonyl (C=O) groups is 1. The number of esters is 1. The van der Waals surface area contributed by atoms with E-state index in [2.05, 4.69) is 10.1 Å². The predicted octanol–water partition coefficient (Wildman–Crippen LogP) is 4.18. The van der Waals surface area contributed by atoms with E-state index < -0.39 is 68.3 Å². The number of nitrogens with zero attached hydrogens (tertiary/aromatic N) is 2. The average molecular weight is 657 g/mol. The number of anilines is 1. The maximum atomic E-state index is 15.3. The lowest BCUT2D eigenvalue weighted by molar-refractivity contribution is -0.261. The van der Waals surface area contributed by atoms with Crippen molar-refractivity contribution in [3.05, 3.63) is 53.1 Å². The first-order chi connectivity index (χ1) is 21.1. The first-order valence-corrected chi connectivity index (χ1v) is 16.3. The lowest BCUT2D eigenvalue weighted by Crippen LogP contribution is -2.53. The smallest absolute Gasteiger partial charge is 0.459 e. The number of nitrogens with two attached hydrogens (primary N) is 1. The molecule has 5 rings (SSSR count). The Morgan fingerprint density at radius 2 is 1.87 bits per heavy atom. The molecule has 1 saturated carbocycles. The molecule has 0 bridgehead atoms. The van der Waals surface area contributed by atoms with E-state index in [-0.39, 0.29) is 23.6 Å². The Morgan fingerprint density at radius 3 is 2.49 bits per heavy atom. The van der Waals surface area contributed by atoms with Crippen molar-refractivity contribution in [1.82, 2.24) is 14.6 Å². The van der Waals surface area contributed by atoms with E-state index >= 15 is 8.78 Å². The van der Waals surface area contributed by atoms with Crippen molar-refractivity contribution in [3.63, 3.8) is 0 Å². The molecule has 1 aromatic carbocycles. The Morgan fingerprint density at radius 1 is 1.18 bits per heavy atom. The predicted molar refractivity (Wildman–Crippen MR) is 156 cm³/mol. The molecule has 1 unspecified atom stereocenters. The normalized spacial score (nSPS) is 27.8. The number of nitrogens with one attached hydrogen (secondary N) is 1. The number of rotatable bonds is 11. The standard InChI is InChI=1S/C29H39F2N4O9P/c1-18(24(36)39-16-27(2,3)4)34-45(38,44-19-10-6-5-7-11-19)40-17-29(25(30)31)22-21(41-28(42-22)13-8-9-14-28)23(43-29)35-15-12-20(32)33-26(35)37/h5-7,10-12,15,18,21-23,25H,8-9,13-14,16-17H2,1-4H3,(H,34,38)(H2,32,33,37)/t18-,21+,22-,23+,29+,45?/m0/s1. The van der Waals surface area contributed by atoms with E-state index in [4.69, 9.17) is 33.7 Å². The van der Waals surface area contributed by atoms with Gasteiger partial charge in [0.25, 0.3) is 6.43 Å². The number of carbonyl (C=O) groups excluding carboxylic acids is 1. The molecule has 1 aliphatic carbocycles. The van der Waals surface area contributed by atoms with Gasteiger partial charge >= 0.3 is 19.4 Å². The van der Waals surface area contributed by atoms with Crippen LogP contribution in [0.2, 0.25) is 0 Å². The third-order valence-electron chi connectivity index (χ3n) is 7.74. The van der Waals surface area contributed by atoms with Crippen molar-refractivity contribution < 1.29 is 46.1 Å². The number of hydrogen-bond donors (Lipinski definition) is 2. The van der Waals surface area contributed by atoms with Crippen LogP contribution < -0.4 is 21.0 Å². The van der Waals surface area contributed by atoms with Gasteiger partial charge < -0.3 is 29.2 Å². The van der Waals surface area contributed by atoms with Gasteiger partial charge in [0.1, 0.15) is 29.8 Å². The van der Waals surface area contributed by atoms with Crippen LogP contribution >= 0.6 is 7.75 Å². The van der Waals surface area contributed by atoms with Gasteiger partial charge in [-0.15, -0.1) is 0 Å². The fraction of sp³-hybridized carbons (Fsp3) is 0.621. The van der Waals surface area contributed by atoms with Crippen molar-refractivity contribution in [3.8, 4) is 5.75 Å². The summed E-state index contributed by atoms with van der Waals surface area (Å²) in [7, 11) is -4.59. The zero-order valence-corrected chi connectivity index (χ0v) is 26.4. The fourth-order valence-electron chi connectivity index (χ4n) is 5.52. The Hall–Kier alpha value is -2.94. The number of alkyl halides is 2. The van der Waals surface area contributed by atoms with Crippen LogP contribution in [0.1, 0.15) is 59.6 Å². The van der Waals surface area contributed by atoms with Crippen LogP contribution in [-0.2, 0) is 32.8 Å². The summed E-state index contributed by atoms with van der Waals surface area (Å²) < 4.78 is 80.8. The van der Waals surface area contributed by atoms with Gasteiger partial charge in [0.2, 0.25) is 0 Å². The van der Waals surface area contributed by atoms with Gasteiger partial charge in [0.05, 0.1) is 13.2 Å². The molecule has 2 saturated heterocycles. The first-order valence-electron chi connectivity index (χ1n) is 14.7. The van der Waals surface area contributed by atoms with E-state index in [0.29, 0.717) is 12.8 Å². The van der Waals surface area contributed by atoms with Crippen molar-refractivity contribution in [2.45, 2.75) is 95.7 Å². The Labute approximate surface area is 259 Å². The lowest BCUT2D eigenvalue weighted by atomic mass is 9.96. The van der Waals surface area contributed by atoms with E-state index in [1.165, 1.54) is 31.3 Å². The van der Waals surface area contributed by atoms with Crippen LogP contribution in [0.15, 0.2) is 47.4 Å². The van der Waals surface area contributed by atoms with Crippen LogP contribution in [0.25, 0.3) is 0 Å². The van der Waals surface area contributed by atoms with Crippen LogP contribution in [-0.4, -0.2) is 64.8 Å². The molecule has 6 atom stereocenters. The van der Waals surface area contributed by atoms with Gasteiger partial charge in [0.15, 0.2) is 17.6 Å². The number of halogens is 2. The van der Waals surface area contributed by atoms with E-state index in [1.807, 2.05) is 20.8 Å². The summed E-state index contributed by atoms with van der Waals surface area (Å²) >= 11 is 0. The van der Waals surface area contributed by atoms with Crippen molar-refractivity contribution in [2.24, 2.45) is 5.41 Å². The minimum atomic E-state index is -4.59. The number of aromatic nitrogens is 2. The molecule has 45 heavy (non-hydrogen) atoms. The average Bonchev–Trinajstić information content (AvgIpc) is 3.66. The molecule has 3 fully saturated rings. The van der Waals surface area contributed by atoms with Gasteiger partial charge in [-0.05, 0) is 43.4 Å². The zero-order chi connectivity index (χ0) is 32.6. The van der Waals surface area contributed by atoms with E-state index in [0.717, 1.165) is 17.4 Å². The van der Waals surface area contributed by atoms with Crippen molar-refractivity contribution in [1.29, 1.82) is 0 Å². The number of nitrogen functional groups attached to an aromatic ring is 1. The molecule has 0 amide bonds. The second-order valence-electron chi connectivity index (χ2n) is 12.7. The van der Waals surface area contributed by atoms with Crippen LogP contribution in [0, 0.1) is 5.41 Å². The Bertz CT molecular complexity index is 1470. The summed E-state index contributed by atoms with van der Waals surface area (Å²) in [6.07, 6.45) is -3.61. The molecule has 3 heterocycles. The largest absolute Gasteiger partial charge is 0.464 e. The maximum absolute atomic E-state index is 15.3. The summed E-state index contributed by atoms with van der Waals surface area (Å²) in [5, 5.41) is 2.51. The third kappa shape index (κ3) is 7.23. The third-order valence-corrected chi connectivity index (χ3v) is 9.36. The molecule has 1 spiro atoms. The molecular weight excluding hydrogens is 617 g/mol. The molecule has 248 valence electrons. The van der Waals surface area contributed by atoms with Gasteiger partial charge in [-0.1, -0.05) is 39.0 Å². The monoisotopic (exact) mass is 656 g/mol. The molecule has 3 aliphatic rings. The quantitative estimate of drug-likeness (QED) is 0.263. The highest BCUT2D eigenvalue weighted by Gasteiger charge is 2.69. The molecule has 16 heteroatoms. The van der Waals surface area contributed by atoms with Crippen molar-refractivity contribution in [2.75, 3.05) is 18.9 Å². The highest BCUT2D eigenvalue weighted by molar-refractivity contribution is 7.52. The molecule has 13 nitrogen and oxygen atoms in total. The topological polar surface area (TPSA) is 162 Å². The molecule has 2 aromatic rings. The van der Waals surface area contributed by atoms with Crippen LogP contribution in [0.3, 0.4) is 0 Å². The number of fused-ring (bicyclic) bond motifs is 1. The molecule has 1 aromatic heterocycles. The number of hydrogen-bond acceptors (Lipinski definition) is 11. The minimum absolute atomic E-state index is 0.0645. The molecule has 2 aliphatic heterocycles. The van der Waals surface area contributed by atoms with Crippen LogP contribution in [0.4, 0.5) is 14.6 Å². The highest BCUT2D eigenvalue weighted by Crippen LogP contribution is 2.56. The SMILES string of the molecule is C[C@H](NP(=O)(OC[C@@]1(C(F)F)O[C@@H](n2ccc(N)nc2=O)[C@@H]2OC3(CCCC3)O[C@@H]21)Oc1ccccc1)C(=O)OCC(C)(C)C. The maximum Gasteiger partial charge on any atom is 0.459 e. The van der Waals surface area contributed by atoms with Crippen molar-refractivity contribution >= 4 is 19.5 Å². The van der Waals surface area contributed by atoms with E-state index in [9.17, 15) is 14.2 Å². The summed E-state index contributed by atoms with van der Waals surface area (Å²) in [5.41, 5.74) is 1.89. The van der Waals surface area contributed by atoms with Gasteiger partial charge in [-0.2, -0.15) is 10.1 Å². The fourth-order valence-corrected chi connectivity index (χ4v) is 7.05. The zero-order valence-electron chi connectivity index (χ0n) is 25.5. The summed E-state index contributed by atoms with van der Waals surface area (Å²) in [4.78, 5) is 29.2. The van der Waals surface area contributed by atoms with Gasteiger partial charge in [-0.3, -0.25) is 13.9 Å². The summed E-state index contributed by atoms with van der Waals surface area (Å²) in [5.74, 6) is -1.89. The second kappa shape index (κ2) is 12.7. The van der Waals surface area contributed by atoms with E-state index in [1.54, 1.807) is 18.2 Å². The molecular formula is C29H39F2N4O9P. The Balaban J connectivity index is 1.45. The summed E-state index contributed by atoms with van der Waals surface area (Å²) in [6.45, 7) is 6.05. The first kappa shape index (κ1) is 33.4. The second-order valence-corrected chi connectivity index (χ2v) is 14.4. The highest BCUT2D eigenvalue weighted by atomic mass is 31.2. The van der Waals surface area contributed by atoms with Gasteiger partial charge in [0, 0.05) is 19.0 Å². The Kier molecular flexibility index (Phi) is 9.43. The number of para-hydroxylation sites is 1. The molecule has 0 radical (unpaired) electrons. The lowest BCUT2D eigenvalue weighted by Gasteiger charge is -2.35. The summed E-state index contributed by atoms with van der Waals surface area (Å²) in [6, 6.07) is 7.99. The van der Waals surface area contributed by atoms with Gasteiger partial charge in [-0.25, -0.2) is 18.1 Å². The number of benzene rings is 1. The molecule has 3 N–H and O–H groups in total. The van der Waals surface area contributed by atoms with Crippen LogP contribution in [0.5, 0.6) is 5.75 Å².